The Morgan fingerprint density at radius 3 is 2.27 bits per heavy atom. The number of hydrogen-bond acceptors (Lipinski definition) is 9. The van der Waals surface area contributed by atoms with Crippen LogP contribution in [0.15, 0.2) is 30.5 Å². The molecule has 1 aromatic carbocycles. The van der Waals surface area contributed by atoms with Crippen molar-refractivity contribution in [1.82, 2.24) is 4.98 Å². The number of hydrogen-bond donors (Lipinski definition) is 0. The van der Waals surface area contributed by atoms with Crippen LogP contribution in [-0.4, -0.2) is 48.8 Å². The highest BCUT2D eigenvalue weighted by molar-refractivity contribution is 6.35. The lowest BCUT2D eigenvalue weighted by Crippen LogP contribution is -2.39. The van der Waals surface area contributed by atoms with Crippen molar-refractivity contribution in [2.45, 2.75) is 66.6 Å². The van der Waals surface area contributed by atoms with E-state index in [-0.39, 0.29) is 35.4 Å². The lowest BCUT2D eigenvalue weighted by molar-refractivity contribution is -0.159. The Kier molecular flexibility index (Phi) is 13.0. The topological polar surface area (TPSA) is 110 Å². The quantitative estimate of drug-likeness (QED) is 0.128. The Hall–Kier alpha value is -3.04. The number of Topliss-reactive ketones (excluding diaryl/α,β-unsaturated/α-hetero) is 1. The van der Waals surface area contributed by atoms with Crippen LogP contribution in [0.5, 0.6) is 17.2 Å². The number of nitrogens with zero attached hydrogens (tertiary/aromatic N) is 1. The highest BCUT2D eigenvalue weighted by atomic mass is 35.5. The number of halogens is 2. The monoisotopic (exact) mass is 597 g/mol. The van der Waals surface area contributed by atoms with Gasteiger partial charge < -0.3 is 23.7 Å². The number of esters is 2. The van der Waals surface area contributed by atoms with Crippen molar-refractivity contribution < 1.29 is 38.1 Å². The van der Waals surface area contributed by atoms with Gasteiger partial charge in [-0.2, -0.15) is 0 Å². The molecule has 0 aliphatic carbocycles. The van der Waals surface area contributed by atoms with Crippen LogP contribution < -0.4 is 14.2 Å². The molecule has 0 N–H and O–H groups in total. The van der Waals surface area contributed by atoms with E-state index < -0.39 is 42.6 Å². The maximum absolute atomic E-state index is 13.4. The van der Waals surface area contributed by atoms with Gasteiger partial charge in [-0.3, -0.25) is 14.4 Å². The van der Waals surface area contributed by atoms with E-state index >= 15 is 0 Å². The number of rotatable bonds is 15. The van der Waals surface area contributed by atoms with E-state index in [1.165, 1.54) is 26.3 Å². The number of ketones is 1. The van der Waals surface area contributed by atoms with Gasteiger partial charge in [0.05, 0.1) is 18.1 Å². The minimum atomic E-state index is -0.754. The van der Waals surface area contributed by atoms with Gasteiger partial charge in [0.1, 0.15) is 18.0 Å². The molecule has 0 aliphatic heterocycles. The highest BCUT2D eigenvalue weighted by Crippen LogP contribution is 2.33. The fraction of sp³-hybridized carbons (Fsp3) is 0.517. The molecule has 0 radical (unpaired) electrons. The summed E-state index contributed by atoms with van der Waals surface area (Å²) in [4.78, 5) is 42.1. The van der Waals surface area contributed by atoms with Crippen molar-refractivity contribution >= 4 is 40.9 Å². The van der Waals surface area contributed by atoms with E-state index in [1.807, 2.05) is 27.7 Å². The molecule has 2 rings (SSSR count). The molecule has 3 atom stereocenters. The molecule has 0 bridgehead atoms. The molecule has 2 aromatic rings. The highest BCUT2D eigenvalue weighted by Gasteiger charge is 2.32. The van der Waals surface area contributed by atoms with Gasteiger partial charge in [-0.1, -0.05) is 50.9 Å². The number of ether oxygens (including phenoxy) is 5. The summed E-state index contributed by atoms with van der Waals surface area (Å²) in [5.74, 6) is -1.53. The molecular formula is C29H37Cl2NO8. The average molecular weight is 599 g/mol. The minimum Gasteiger partial charge on any atom is -0.493 e. The lowest BCUT2D eigenvalue weighted by Gasteiger charge is -2.30. The molecule has 0 spiro atoms. The molecule has 0 amide bonds. The summed E-state index contributed by atoms with van der Waals surface area (Å²) < 4.78 is 27.6. The Bertz CT molecular complexity index is 1170. The number of aromatic nitrogens is 1. The predicted octanol–water partition coefficient (Wildman–Crippen LogP) is 6.57. The zero-order valence-electron chi connectivity index (χ0n) is 23.9. The SMILES string of the molecule is COc1ccnc(C(=O)C[C@@H](CC(C)C)C(=O)O[C@@H](C)[C@H](Oc2ccc(Cl)cc2Cl)C(C)C)c1OCOC(C)=O. The third-order valence-electron chi connectivity index (χ3n) is 5.92. The summed E-state index contributed by atoms with van der Waals surface area (Å²) in [6.45, 7) is 10.3. The van der Waals surface area contributed by atoms with Gasteiger partial charge in [-0.05, 0) is 43.4 Å². The average Bonchev–Trinajstić information content (AvgIpc) is 2.86. The second-order valence-corrected chi connectivity index (χ2v) is 10.9. The first-order valence-corrected chi connectivity index (χ1v) is 13.7. The van der Waals surface area contributed by atoms with Crippen molar-refractivity contribution in [2.24, 2.45) is 17.8 Å². The van der Waals surface area contributed by atoms with E-state index in [9.17, 15) is 14.4 Å². The Morgan fingerprint density at radius 2 is 1.70 bits per heavy atom. The molecule has 220 valence electrons. The van der Waals surface area contributed by atoms with Crippen LogP contribution in [0.1, 0.15) is 64.9 Å². The lowest BCUT2D eigenvalue weighted by atomic mass is 9.91. The molecule has 11 heteroatoms. The number of benzene rings is 1. The van der Waals surface area contributed by atoms with Crippen LogP contribution in [0.4, 0.5) is 0 Å². The molecule has 0 saturated carbocycles. The van der Waals surface area contributed by atoms with Crippen molar-refractivity contribution in [1.29, 1.82) is 0 Å². The van der Waals surface area contributed by atoms with E-state index in [0.29, 0.717) is 22.2 Å². The summed E-state index contributed by atoms with van der Waals surface area (Å²) in [5, 5.41) is 0.821. The van der Waals surface area contributed by atoms with Crippen molar-refractivity contribution in [3.63, 3.8) is 0 Å². The van der Waals surface area contributed by atoms with Gasteiger partial charge in [0.15, 0.2) is 23.0 Å². The third-order valence-corrected chi connectivity index (χ3v) is 6.45. The van der Waals surface area contributed by atoms with Gasteiger partial charge in [0.2, 0.25) is 6.79 Å². The molecule has 1 aromatic heterocycles. The van der Waals surface area contributed by atoms with Crippen molar-refractivity contribution in [3.8, 4) is 17.2 Å². The zero-order valence-corrected chi connectivity index (χ0v) is 25.4. The fourth-order valence-corrected chi connectivity index (χ4v) is 4.54. The largest absolute Gasteiger partial charge is 0.493 e. The van der Waals surface area contributed by atoms with E-state index in [1.54, 1.807) is 25.1 Å². The van der Waals surface area contributed by atoms with Gasteiger partial charge in [0.25, 0.3) is 0 Å². The number of carbonyl (C=O) groups excluding carboxylic acids is 3. The first kappa shape index (κ1) is 33.2. The third kappa shape index (κ3) is 9.86. The van der Waals surface area contributed by atoms with Crippen LogP contribution in [0.3, 0.4) is 0 Å². The second-order valence-electron chi connectivity index (χ2n) is 10.1. The molecule has 40 heavy (non-hydrogen) atoms. The Balaban J connectivity index is 2.23. The molecule has 0 fully saturated rings. The number of methoxy groups -OCH3 is 1. The summed E-state index contributed by atoms with van der Waals surface area (Å²) in [6, 6.07) is 6.42. The maximum atomic E-state index is 13.4. The van der Waals surface area contributed by atoms with Gasteiger partial charge in [-0.25, -0.2) is 4.98 Å². The summed E-state index contributed by atoms with van der Waals surface area (Å²) in [5.41, 5.74) is -0.0399. The summed E-state index contributed by atoms with van der Waals surface area (Å²) in [6.07, 6.45) is 0.459. The first-order valence-electron chi connectivity index (χ1n) is 13.0. The minimum absolute atomic E-state index is 0.0226. The normalized spacial score (nSPS) is 13.4. The van der Waals surface area contributed by atoms with Crippen LogP contribution in [-0.2, 0) is 19.1 Å². The predicted molar refractivity (Wildman–Crippen MR) is 151 cm³/mol. The maximum Gasteiger partial charge on any atom is 0.309 e. The van der Waals surface area contributed by atoms with Crippen LogP contribution >= 0.6 is 23.2 Å². The molecule has 9 nitrogen and oxygen atoms in total. The molecule has 0 unspecified atom stereocenters. The van der Waals surface area contributed by atoms with Gasteiger partial charge >= 0.3 is 11.9 Å². The van der Waals surface area contributed by atoms with Crippen LogP contribution in [0, 0.1) is 17.8 Å². The van der Waals surface area contributed by atoms with Crippen molar-refractivity contribution in [2.75, 3.05) is 13.9 Å². The smallest absolute Gasteiger partial charge is 0.309 e. The van der Waals surface area contributed by atoms with E-state index in [2.05, 4.69) is 4.98 Å². The Labute approximate surface area is 245 Å². The number of pyridine rings is 1. The first-order chi connectivity index (χ1) is 18.8. The zero-order chi connectivity index (χ0) is 30.0. The van der Waals surface area contributed by atoms with Crippen LogP contribution in [0.25, 0.3) is 0 Å². The summed E-state index contributed by atoms with van der Waals surface area (Å²) in [7, 11) is 1.41. The molecule has 0 saturated heterocycles. The molecule has 1 heterocycles. The Morgan fingerprint density at radius 1 is 1.00 bits per heavy atom. The molecular weight excluding hydrogens is 561 g/mol. The standard InChI is InChI=1S/C29H37Cl2NO8/c1-16(2)12-20(13-23(34)26-28(38-15-37-19(6)33)25(36-7)10-11-32-26)29(35)39-18(5)27(17(3)4)40-24-9-8-21(30)14-22(24)31/h8-11,14,16-18,20,27H,12-13,15H2,1-7H3/t18-,20+,27+/m0/s1. The second kappa shape index (κ2) is 15.7. The van der Waals surface area contributed by atoms with E-state index in [0.717, 1.165) is 0 Å². The van der Waals surface area contributed by atoms with Crippen molar-refractivity contribution in [3.05, 3.63) is 46.2 Å². The molecule has 0 aliphatic rings. The van der Waals surface area contributed by atoms with Gasteiger partial charge in [-0.15, -0.1) is 0 Å². The number of carbonyl (C=O) groups is 3. The van der Waals surface area contributed by atoms with E-state index in [4.69, 9.17) is 46.9 Å². The van der Waals surface area contributed by atoms with Crippen LogP contribution in [0.2, 0.25) is 10.0 Å². The fourth-order valence-electron chi connectivity index (χ4n) is 4.09. The van der Waals surface area contributed by atoms with Gasteiger partial charge in [0, 0.05) is 30.6 Å². The summed E-state index contributed by atoms with van der Waals surface area (Å²) >= 11 is 12.3.